The Kier molecular flexibility index (Phi) is 8.37. The number of ether oxygens (including phenoxy) is 1. The molecule has 4 N–H and O–H groups in total. The zero-order valence-corrected chi connectivity index (χ0v) is 23.2. The molecule has 38 heavy (non-hydrogen) atoms. The highest BCUT2D eigenvalue weighted by atomic mass is 16.6. The Morgan fingerprint density at radius 1 is 0.974 bits per heavy atom. The van der Waals surface area contributed by atoms with Crippen LogP contribution in [-0.4, -0.2) is 65.3 Å². The van der Waals surface area contributed by atoms with Crippen molar-refractivity contribution in [3.8, 4) is 0 Å². The summed E-state index contributed by atoms with van der Waals surface area (Å²) in [7, 11) is 0. The molecule has 4 rings (SSSR count). The summed E-state index contributed by atoms with van der Waals surface area (Å²) in [6, 6.07) is -2.55. The fraction of sp³-hybridized carbons (Fsp3) is 0.821. The molecule has 0 spiro atoms. The fourth-order valence-electron chi connectivity index (χ4n) is 6.94. The topological polar surface area (TPSA) is 148 Å². The molecule has 4 fully saturated rings. The lowest BCUT2D eigenvalue weighted by Gasteiger charge is -2.37. The molecule has 10 nitrogen and oxygen atoms in total. The molecule has 0 aromatic carbocycles. The second-order valence-electron chi connectivity index (χ2n) is 12.7. The van der Waals surface area contributed by atoms with Crippen LogP contribution in [0.25, 0.3) is 0 Å². The van der Waals surface area contributed by atoms with Crippen LogP contribution in [0.5, 0.6) is 0 Å². The maximum atomic E-state index is 14.1. The molecule has 1 aliphatic heterocycles. The zero-order valence-electron chi connectivity index (χ0n) is 23.2. The van der Waals surface area contributed by atoms with E-state index in [4.69, 9.17) is 10.5 Å². The largest absolute Gasteiger partial charge is 0.447 e. The molecule has 5 atom stereocenters. The van der Waals surface area contributed by atoms with E-state index < -0.39 is 41.8 Å². The van der Waals surface area contributed by atoms with Gasteiger partial charge < -0.3 is 26.0 Å². The Balaban J connectivity index is 1.55. The Hall–Kier alpha value is -2.65. The minimum atomic E-state index is -1.07. The van der Waals surface area contributed by atoms with E-state index in [0.717, 1.165) is 51.4 Å². The van der Waals surface area contributed by atoms with Gasteiger partial charge in [-0.1, -0.05) is 52.4 Å². The van der Waals surface area contributed by atoms with Gasteiger partial charge in [-0.15, -0.1) is 0 Å². The number of primary amides is 1. The van der Waals surface area contributed by atoms with Crippen molar-refractivity contribution in [3.05, 3.63) is 0 Å². The first kappa shape index (κ1) is 28.4. The minimum Gasteiger partial charge on any atom is -0.447 e. The smallest absolute Gasteiger partial charge is 0.408 e. The van der Waals surface area contributed by atoms with Crippen molar-refractivity contribution in [2.45, 2.75) is 110 Å². The number of rotatable bonds is 10. The second-order valence-corrected chi connectivity index (χ2v) is 12.7. The monoisotopic (exact) mass is 532 g/mol. The van der Waals surface area contributed by atoms with Gasteiger partial charge in [0.15, 0.2) is 0 Å². The number of carbonyl (C=O) groups excluding carboxylic acids is 5. The summed E-state index contributed by atoms with van der Waals surface area (Å²) in [6.45, 7) is 8.08. The average molecular weight is 533 g/mol. The van der Waals surface area contributed by atoms with E-state index in [0.29, 0.717) is 13.0 Å². The van der Waals surface area contributed by atoms with Gasteiger partial charge in [-0.3, -0.25) is 19.2 Å². The van der Waals surface area contributed by atoms with Gasteiger partial charge in [0.25, 0.3) is 5.91 Å². The van der Waals surface area contributed by atoms with Crippen molar-refractivity contribution in [2.24, 2.45) is 34.8 Å². The van der Waals surface area contributed by atoms with Gasteiger partial charge in [-0.05, 0) is 62.2 Å². The maximum absolute atomic E-state index is 14.1. The third-order valence-corrected chi connectivity index (χ3v) is 9.43. The molecule has 1 saturated heterocycles. The second kappa shape index (κ2) is 11.2. The highest BCUT2D eigenvalue weighted by molar-refractivity contribution is 6.37. The number of hydrogen-bond donors (Lipinski definition) is 3. The van der Waals surface area contributed by atoms with Crippen molar-refractivity contribution in [2.75, 3.05) is 6.54 Å². The number of nitrogens with zero attached hydrogens (tertiary/aromatic N) is 1. The Morgan fingerprint density at radius 2 is 1.63 bits per heavy atom. The number of hydrogen-bond acceptors (Lipinski definition) is 6. The number of nitrogens with one attached hydrogen (secondary N) is 2. The predicted molar refractivity (Wildman–Crippen MR) is 139 cm³/mol. The van der Waals surface area contributed by atoms with E-state index in [9.17, 15) is 24.0 Å². The summed E-state index contributed by atoms with van der Waals surface area (Å²) in [5.74, 6) is -2.26. The van der Waals surface area contributed by atoms with E-state index in [1.54, 1.807) is 18.7 Å². The lowest BCUT2D eigenvalue weighted by Crippen LogP contribution is -2.59. The van der Waals surface area contributed by atoms with Gasteiger partial charge in [0.1, 0.15) is 12.1 Å². The van der Waals surface area contributed by atoms with Crippen LogP contribution in [0.4, 0.5) is 4.79 Å². The number of ketones is 1. The number of fused-ring (bicyclic) bond motifs is 1. The van der Waals surface area contributed by atoms with Crippen LogP contribution in [0.3, 0.4) is 0 Å². The van der Waals surface area contributed by atoms with E-state index in [2.05, 4.69) is 24.5 Å². The number of likely N-dealkylation sites (tertiary alicyclic amines) is 1. The Labute approximate surface area is 225 Å². The van der Waals surface area contributed by atoms with Gasteiger partial charge in [0, 0.05) is 6.54 Å². The number of piperidine rings is 1. The highest BCUT2D eigenvalue weighted by Gasteiger charge is 2.69. The molecular weight excluding hydrogens is 488 g/mol. The molecular formula is C28H44N4O6. The SMILES string of the molecule is CC(C)OC(=O)NC(C(=O)N1CC2C([C@H]1C(=O)NC(CC1CCC1)C(=O)C(N)=O)C2(C)C)C1CCCCC1. The molecule has 10 heteroatoms. The molecule has 3 saturated carbocycles. The zero-order chi connectivity index (χ0) is 27.8. The molecule has 0 aromatic rings. The van der Waals surface area contributed by atoms with E-state index in [-0.39, 0.29) is 41.1 Å². The molecule has 4 unspecified atom stereocenters. The van der Waals surface area contributed by atoms with Crippen LogP contribution in [0.2, 0.25) is 0 Å². The first-order valence-electron chi connectivity index (χ1n) is 14.3. The quantitative estimate of drug-likeness (QED) is 0.368. The van der Waals surface area contributed by atoms with Crippen molar-refractivity contribution in [3.63, 3.8) is 0 Å². The van der Waals surface area contributed by atoms with Crippen molar-refractivity contribution >= 4 is 29.6 Å². The summed E-state index contributed by atoms with van der Waals surface area (Å²) < 4.78 is 5.29. The fourth-order valence-corrected chi connectivity index (χ4v) is 6.94. The standard InChI is InChI=1S/C28H44N4O6/c1-15(2)38-27(37)31-21(17-11-6-5-7-12-17)26(36)32-14-18-20(28(18,3)4)22(32)25(35)30-19(23(33)24(29)34)13-16-9-8-10-16/h15-22H,5-14H2,1-4H3,(H2,29,34)(H,30,35)(H,31,37)/t18?,19?,20?,21?,22-/m0/s1. The molecule has 0 bridgehead atoms. The molecule has 3 aliphatic carbocycles. The molecule has 1 heterocycles. The van der Waals surface area contributed by atoms with Crippen molar-refractivity contribution in [1.29, 1.82) is 0 Å². The number of amides is 4. The summed E-state index contributed by atoms with van der Waals surface area (Å²) in [4.78, 5) is 66.3. The van der Waals surface area contributed by atoms with Gasteiger partial charge >= 0.3 is 6.09 Å². The summed E-state index contributed by atoms with van der Waals surface area (Å²) in [6.07, 6.45) is 7.07. The van der Waals surface area contributed by atoms with Crippen molar-refractivity contribution < 1.29 is 28.7 Å². The molecule has 0 radical (unpaired) electrons. The van der Waals surface area contributed by atoms with E-state index >= 15 is 0 Å². The van der Waals surface area contributed by atoms with Gasteiger partial charge in [0.05, 0.1) is 12.1 Å². The average Bonchev–Trinajstić information content (AvgIpc) is 3.16. The van der Waals surface area contributed by atoms with Crippen LogP contribution >= 0.6 is 0 Å². The van der Waals surface area contributed by atoms with E-state index in [1.165, 1.54) is 0 Å². The summed E-state index contributed by atoms with van der Waals surface area (Å²) in [5.41, 5.74) is 5.18. The van der Waals surface area contributed by atoms with E-state index in [1.807, 2.05) is 0 Å². The molecule has 4 amide bonds. The number of alkyl carbamates (subject to hydrolysis) is 1. The van der Waals surface area contributed by atoms with Crippen LogP contribution in [-0.2, 0) is 23.9 Å². The van der Waals surface area contributed by atoms with Crippen LogP contribution in [0.15, 0.2) is 0 Å². The predicted octanol–water partition coefficient (Wildman–Crippen LogP) is 2.28. The molecule has 212 valence electrons. The van der Waals surface area contributed by atoms with Gasteiger partial charge in [-0.25, -0.2) is 4.79 Å². The lowest BCUT2D eigenvalue weighted by molar-refractivity contribution is -0.144. The summed E-state index contributed by atoms with van der Waals surface area (Å²) in [5, 5.41) is 5.63. The third kappa shape index (κ3) is 5.83. The van der Waals surface area contributed by atoms with Crippen LogP contribution in [0.1, 0.15) is 85.5 Å². The highest BCUT2D eigenvalue weighted by Crippen LogP contribution is 2.65. The Bertz CT molecular complexity index is 955. The Morgan fingerprint density at radius 3 is 2.18 bits per heavy atom. The maximum Gasteiger partial charge on any atom is 0.408 e. The molecule has 0 aromatic heterocycles. The van der Waals surface area contributed by atoms with Gasteiger partial charge in [0.2, 0.25) is 17.6 Å². The lowest BCUT2D eigenvalue weighted by atomic mass is 9.80. The van der Waals surface area contributed by atoms with Crippen LogP contribution in [0, 0.1) is 29.1 Å². The number of carbonyl (C=O) groups is 5. The number of Topliss-reactive ketones (excluding diaryl/α,β-unsaturated/α-hetero) is 1. The first-order valence-corrected chi connectivity index (χ1v) is 14.3. The molecule has 4 aliphatic rings. The summed E-state index contributed by atoms with van der Waals surface area (Å²) >= 11 is 0. The first-order chi connectivity index (χ1) is 17.9. The third-order valence-electron chi connectivity index (χ3n) is 9.43. The minimum absolute atomic E-state index is 0.0348. The van der Waals surface area contributed by atoms with Crippen LogP contribution < -0.4 is 16.4 Å². The van der Waals surface area contributed by atoms with Crippen molar-refractivity contribution in [1.82, 2.24) is 15.5 Å². The van der Waals surface area contributed by atoms with Gasteiger partial charge in [-0.2, -0.15) is 0 Å². The normalized spacial score (nSPS) is 28.0. The number of nitrogens with two attached hydrogens (primary N) is 1.